The largest absolute Gasteiger partial charge is 0.493 e. The van der Waals surface area contributed by atoms with E-state index in [2.05, 4.69) is 5.92 Å². The lowest BCUT2D eigenvalue weighted by Gasteiger charge is -2.09. The van der Waals surface area contributed by atoms with Crippen molar-refractivity contribution in [2.75, 3.05) is 14.2 Å². The predicted molar refractivity (Wildman–Crippen MR) is 66.3 cm³/mol. The molecular weight excluding hydrogens is 216 g/mol. The van der Waals surface area contributed by atoms with E-state index in [4.69, 9.17) is 15.9 Å². The van der Waals surface area contributed by atoms with Gasteiger partial charge >= 0.3 is 0 Å². The van der Waals surface area contributed by atoms with Crippen LogP contribution in [0.3, 0.4) is 0 Å². The topological polar surface area (TPSA) is 35.5 Å². The van der Waals surface area contributed by atoms with Crippen LogP contribution in [-0.2, 0) is 11.2 Å². The van der Waals surface area contributed by atoms with Gasteiger partial charge in [-0.2, -0.15) is 0 Å². The van der Waals surface area contributed by atoms with Crippen molar-refractivity contribution in [2.24, 2.45) is 0 Å². The average molecular weight is 232 g/mol. The Balaban J connectivity index is 2.73. The van der Waals surface area contributed by atoms with Crippen molar-refractivity contribution in [2.45, 2.75) is 19.3 Å². The molecule has 3 nitrogen and oxygen atoms in total. The van der Waals surface area contributed by atoms with Crippen LogP contribution in [0, 0.1) is 12.3 Å². The molecule has 0 spiro atoms. The number of rotatable bonds is 6. The highest BCUT2D eigenvalue weighted by atomic mass is 16.5. The first-order valence-corrected chi connectivity index (χ1v) is 5.37. The molecule has 0 heterocycles. The van der Waals surface area contributed by atoms with Gasteiger partial charge in [0.1, 0.15) is 5.78 Å². The van der Waals surface area contributed by atoms with E-state index in [1.165, 1.54) is 0 Å². The second kappa shape index (κ2) is 6.59. The third kappa shape index (κ3) is 3.84. The lowest BCUT2D eigenvalue weighted by atomic mass is 10.1. The standard InChI is InChI=1S/C14H16O3/c1-4-5-6-12(15)9-11-7-8-13(16-2)14(10-11)17-3/h1,7-8,10H,5-6,9H2,2-3H3. The molecular formula is C14H16O3. The first kappa shape index (κ1) is 13.1. The van der Waals surface area contributed by atoms with Gasteiger partial charge in [0.15, 0.2) is 11.5 Å². The normalized spacial score (nSPS) is 9.47. The highest BCUT2D eigenvalue weighted by Gasteiger charge is 2.07. The molecule has 0 saturated carbocycles. The minimum atomic E-state index is 0.134. The average Bonchev–Trinajstić information content (AvgIpc) is 2.36. The minimum Gasteiger partial charge on any atom is -0.493 e. The molecule has 0 bridgehead atoms. The predicted octanol–water partition coefficient (Wildman–Crippen LogP) is 2.23. The molecule has 0 aliphatic heterocycles. The van der Waals surface area contributed by atoms with Gasteiger partial charge in [-0.15, -0.1) is 12.3 Å². The summed E-state index contributed by atoms with van der Waals surface area (Å²) in [7, 11) is 3.15. The van der Waals surface area contributed by atoms with Gasteiger partial charge in [-0.25, -0.2) is 0 Å². The Morgan fingerprint density at radius 2 is 2.00 bits per heavy atom. The molecule has 0 fully saturated rings. The SMILES string of the molecule is C#CCCC(=O)Cc1ccc(OC)c(OC)c1. The number of hydrogen-bond donors (Lipinski definition) is 0. The van der Waals surface area contributed by atoms with Crippen molar-refractivity contribution in [3.05, 3.63) is 23.8 Å². The zero-order chi connectivity index (χ0) is 12.7. The molecule has 0 radical (unpaired) electrons. The summed E-state index contributed by atoms with van der Waals surface area (Å²) in [6, 6.07) is 5.46. The van der Waals surface area contributed by atoms with E-state index in [-0.39, 0.29) is 5.78 Å². The zero-order valence-corrected chi connectivity index (χ0v) is 10.2. The fourth-order valence-corrected chi connectivity index (χ4v) is 1.52. The Morgan fingerprint density at radius 3 is 2.59 bits per heavy atom. The van der Waals surface area contributed by atoms with Gasteiger partial charge in [-0.1, -0.05) is 6.07 Å². The van der Waals surface area contributed by atoms with E-state index in [9.17, 15) is 4.79 Å². The second-order valence-electron chi connectivity index (χ2n) is 3.61. The monoisotopic (exact) mass is 232 g/mol. The number of hydrogen-bond acceptors (Lipinski definition) is 3. The summed E-state index contributed by atoms with van der Waals surface area (Å²) in [6.45, 7) is 0. The van der Waals surface area contributed by atoms with Crippen LogP contribution in [0.5, 0.6) is 11.5 Å². The Hall–Kier alpha value is -1.95. The Morgan fingerprint density at radius 1 is 1.29 bits per heavy atom. The Bertz CT molecular complexity index is 430. The summed E-state index contributed by atoms with van der Waals surface area (Å²) in [5, 5.41) is 0. The van der Waals surface area contributed by atoms with Gasteiger partial charge in [-0.05, 0) is 17.7 Å². The lowest BCUT2D eigenvalue weighted by molar-refractivity contribution is -0.118. The number of methoxy groups -OCH3 is 2. The van der Waals surface area contributed by atoms with Gasteiger partial charge in [-0.3, -0.25) is 4.79 Å². The molecule has 17 heavy (non-hydrogen) atoms. The maximum atomic E-state index is 11.6. The van der Waals surface area contributed by atoms with Crippen LogP contribution in [0.2, 0.25) is 0 Å². The number of terminal acetylenes is 1. The fourth-order valence-electron chi connectivity index (χ4n) is 1.52. The molecule has 1 rings (SSSR count). The van der Waals surface area contributed by atoms with Crippen molar-refractivity contribution >= 4 is 5.78 Å². The summed E-state index contributed by atoms with van der Waals surface area (Å²) in [6.07, 6.45) is 6.41. The van der Waals surface area contributed by atoms with Crippen molar-refractivity contribution in [3.63, 3.8) is 0 Å². The minimum absolute atomic E-state index is 0.134. The van der Waals surface area contributed by atoms with Crippen molar-refractivity contribution in [1.29, 1.82) is 0 Å². The number of Topliss-reactive ketones (excluding diaryl/α,β-unsaturated/α-hetero) is 1. The highest BCUT2D eigenvalue weighted by molar-refractivity contribution is 5.81. The molecule has 3 heteroatoms. The molecule has 0 unspecified atom stereocenters. The van der Waals surface area contributed by atoms with Crippen LogP contribution >= 0.6 is 0 Å². The summed E-state index contributed by atoms with van der Waals surface area (Å²) in [5.74, 6) is 3.89. The molecule has 0 atom stereocenters. The summed E-state index contributed by atoms with van der Waals surface area (Å²) >= 11 is 0. The van der Waals surface area contributed by atoms with Crippen LogP contribution < -0.4 is 9.47 Å². The van der Waals surface area contributed by atoms with Crippen molar-refractivity contribution in [1.82, 2.24) is 0 Å². The summed E-state index contributed by atoms with van der Waals surface area (Å²) < 4.78 is 10.3. The first-order chi connectivity index (χ1) is 8.21. The van der Waals surface area contributed by atoms with Gasteiger partial charge < -0.3 is 9.47 Å². The molecule has 1 aromatic rings. The number of carbonyl (C=O) groups is 1. The van der Waals surface area contributed by atoms with E-state index in [0.717, 1.165) is 5.56 Å². The van der Waals surface area contributed by atoms with Crippen molar-refractivity contribution in [3.8, 4) is 23.8 Å². The highest BCUT2D eigenvalue weighted by Crippen LogP contribution is 2.27. The number of benzene rings is 1. The maximum absolute atomic E-state index is 11.6. The maximum Gasteiger partial charge on any atom is 0.161 e. The van der Waals surface area contributed by atoms with E-state index in [1.807, 2.05) is 12.1 Å². The molecule has 0 aliphatic rings. The molecule has 1 aromatic carbocycles. The summed E-state index contributed by atoms with van der Waals surface area (Å²) in [5.41, 5.74) is 0.907. The van der Waals surface area contributed by atoms with Crippen LogP contribution in [0.4, 0.5) is 0 Å². The van der Waals surface area contributed by atoms with Crippen LogP contribution in [-0.4, -0.2) is 20.0 Å². The second-order valence-corrected chi connectivity index (χ2v) is 3.61. The van der Waals surface area contributed by atoms with Gasteiger partial charge in [0.05, 0.1) is 14.2 Å². The van der Waals surface area contributed by atoms with Gasteiger partial charge in [0.25, 0.3) is 0 Å². The third-order valence-corrected chi connectivity index (χ3v) is 2.40. The van der Waals surface area contributed by atoms with Crippen LogP contribution in [0.15, 0.2) is 18.2 Å². The molecule has 90 valence electrons. The van der Waals surface area contributed by atoms with E-state index >= 15 is 0 Å². The molecule has 0 saturated heterocycles. The van der Waals surface area contributed by atoms with Crippen LogP contribution in [0.25, 0.3) is 0 Å². The molecule has 0 N–H and O–H groups in total. The lowest BCUT2D eigenvalue weighted by Crippen LogP contribution is -2.02. The van der Waals surface area contributed by atoms with E-state index in [0.29, 0.717) is 30.8 Å². The van der Waals surface area contributed by atoms with Gasteiger partial charge in [0, 0.05) is 19.3 Å². The first-order valence-electron chi connectivity index (χ1n) is 5.37. The van der Waals surface area contributed by atoms with Crippen molar-refractivity contribution < 1.29 is 14.3 Å². The third-order valence-electron chi connectivity index (χ3n) is 2.40. The summed E-state index contributed by atoms with van der Waals surface area (Å²) in [4.78, 5) is 11.6. The Kier molecular flexibility index (Phi) is 5.09. The zero-order valence-electron chi connectivity index (χ0n) is 10.2. The quantitative estimate of drug-likeness (QED) is 0.705. The molecule has 0 aliphatic carbocycles. The van der Waals surface area contributed by atoms with Gasteiger partial charge in [0.2, 0.25) is 0 Å². The van der Waals surface area contributed by atoms with E-state index in [1.54, 1.807) is 20.3 Å². The number of carbonyl (C=O) groups excluding carboxylic acids is 1. The number of ether oxygens (including phenoxy) is 2. The fraction of sp³-hybridized carbons (Fsp3) is 0.357. The number of ketones is 1. The van der Waals surface area contributed by atoms with E-state index < -0.39 is 0 Å². The van der Waals surface area contributed by atoms with Crippen LogP contribution in [0.1, 0.15) is 18.4 Å². The molecule has 0 amide bonds. The Labute approximate surface area is 102 Å². The molecule has 0 aromatic heterocycles. The smallest absolute Gasteiger partial charge is 0.161 e.